The fourth-order valence-electron chi connectivity index (χ4n) is 4.96. The van der Waals surface area contributed by atoms with Crippen LogP contribution in [-0.4, -0.2) is 54.4 Å². The number of amides is 3. The summed E-state index contributed by atoms with van der Waals surface area (Å²) < 4.78 is 5.17. The number of piperazine rings is 1. The summed E-state index contributed by atoms with van der Waals surface area (Å²) in [6.07, 6.45) is 7.01. The topological polar surface area (TPSA) is 87.7 Å². The first-order valence-electron chi connectivity index (χ1n) is 11.1. The quantitative estimate of drug-likeness (QED) is 0.771. The summed E-state index contributed by atoms with van der Waals surface area (Å²) >= 11 is 0. The van der Waals surface area contributed by atoms with Crippen LogP contribution in [0, 0.1) is 5.92 Å². The van der Waals surface area contributed by atoms with E-state index in [1.807, 2.05) is 24.3 Å². The van der Waals surface area contributed by atoms with Gasteiger partial charge in [-0.3, -0.25) is 14.4 Å². The largest absolute Gasteiger partial charge is 0.497 e. The maximum atomic E-state index is 13.0. The molecule has 162 valence electrons. The molecule has 0 aromatic heterocycles. The van der Waals surface area contributed by atoms with Gasteiger partial charge in [-0.2, -0.15) is 0 Å². The number of ether oxygens (including phenoxy) is 1. The second-order valence-electron chi connectivity index (χ2n) is 8.73. The first kappa shape index (κ1) is 20.7. The summed E-state index contributed by atoms with van der Waals surface area (Å²) in [5.74, 6) is 0.827. The minimum absolute atomic E-state index is 0.0347. The molecule has 1 aliphatic carbocycles. The first-order valence-corrected chi connectivity index (χ1v) is 11.1. The van der Waals surface area contributed by atoms with Gasteiger partial charge in [-0.25, -0.2) is 0 Å². The van der Waals surface area contributed by atoms with Crippen LogP contribution in [0.3, 0.4) is 0 Å². The first-order chi connectivity index (χ1) is 14.5. The van der Waals surface area contributed by atoms with Crippen molar-refractivity contribution in [2.24, 2.45) is 5.92 Å². The molecule has 1 aromatic carbocycles. The van der Waals surface area contributed by atoms with Gasteiger partial charge in [0.15, 0.2) is 0 Å². The Balaban J connectivity index is 1.35. The number of nitrogens with zero attached hydrogens (tertiary/aromatic N) is 1. The number of fused-ring (bicyclic) bond motifs is 1. The highest BCUT2D eigenvalue weighted by molar-refractivity contribution is 5.97. The van der Waals surface area contributed by atoms with Gasteiger partial charge in [0.05, 0.1) is 7.11 Å². The van der Waals surface area contributed by atoms with Crippen LogP contribution in [0.4, 0.5) is 0 Å². The SMILES string of the molecule is COc1ccc(C[C@H]2NC(=O)[C@@H]3C[C@@H](NC(=O)C4CCCCC4)CCN3C2=O)cc1. The van der Waals surface area contributed by atoms with Crippen LogP contribution in [0.15, 0.2) is 24.3 Å². The molecule has 3 atom stereocenters. The van der Waals surface area contributed by atoms with Crippen LogP contribution in [0.1, 0.15) is 50.5 Å². The molecule has 3 aliphatic rings. The lowest BCUT2D eigenvalue weighted by molar-refractivity contribution is -0.152. The van der Waals surface area contributed by atoms with Crippen molar-refractivity contribution in [1.82, 2.24) is 15.5 Å². The van der Waals surface area contributed by atoms with Crippen LogP contribution < -0.4 is 15.4 Å². The van der Waals surface area contributed by atoms with Crippen molar-refractivity contribution < 1.29 is 19.1 Å². The van der Waals surface area contributed by atoms with Crippen LogP contribution >= 0.6 is 0 Å². The average Bonchev–Trinajstić information content (AvgIpc) is 2.78. The van der Waals surface area contributed by atoms with Gasteiger partial charge in [0.25, 0.3) is 0 Å². The number of methoxy groups -OCH3 is 1. The summed E-state index contributed by atoms with van der Waals surface area (Å²) in [6.45, 7) is 0.506. The van der Waals surface area contributed by atoms with E-state index >= 15 is 0 Å². The predicted octanol–water partition coefficient (Wildman–Crippen LogP) is 1.79. The lowest BCUT2D eigenvalue weighted by atomic mass is 9.87. The number of benzene rings is 1. The van der Waals surface area contributed by atoms with E-state index in [0.717, 1.165) is 37.0 Å². The third kappa shape index (κ3) is 4.45. The second kappa shape index (κ2) is 9.06. The Bertz CT molecular complexity index is 788. The van der Waals surface area contributed by atoms with E-state index in [0.29, 0.717) is 25.8 Å². The molecule has 0 bridgehead atoms. The zero-order valence-corrected chi connectivity index (χ0v) is 17.6. The molecule has 2 saturated heterocycles. The van der Waals surface area contributed by atoms with E-state index in [9.17, 15) is 14.4 Å². The number of piperidine rings is 1. The highest BCUT2D eigenvalue weighted by Gasteiger charge is 2.44. The molecule has 3 fully saturated rings. The van der Waals surface area contributed by atoms with Crippen LogP contribution in [0.25, 0.3) is 0 Å². The van der Waals surface area contributed by atoms with Crippen LogP contribution in [0.5, 0.6) is 5.75 Å². The molecule has 30 heavy (non-hydrogen) atoms. The fraction of sp³-hybridized carbons (Fsp3) is 0.609. The number of nitrogens with one attached hydrogen (secondary N) is 2. The third-order valence-electron chi connectivity index (χ3n) is 6.72. The zero-order valence-electron chi connectivity index (χ0n) is 17.6. The Labute approximate surface area is 177 Å². The Kier molecular flexibility index (Phi) is 6.25. The Morgan fingerprint density at radius 2 is 1.87 bits per heavy atom. The molecule has 2 aliphatic heterocycles. The second-order valence-corrected chi connectivity index (χ2v) is 8.73. The van der Waals surface area contributed by atoms with E-state index in [2.05, 4.69) is 10.6 Å². The minimum atomic E-state index is -0.546. The monoisotopic (exact) mass is 413 g/mol. The molecule has 3 amide bonds. The summed E-state index contributed by atoms with van der Waals surface area (Å²) in [5.41, 5.74) is 0.975. The van der Waals surface area contributed by atoms with Gasteiger partial charge >= 0.3 is 0 Å². The predicted molar refractivity (Wildman–Crippen MR) is 112 cm³/mol. The molecular formula is C23H31N3O4. The molecule has 0 spiro atoms. The van der Waals surface area contributed by atoms with Gasteiger partial charge in [0, 0.05) is 24.9 Å². The van der Waals surface area contributed by atoms with Crippen molar-refractivity contribution in [1.29, 1.82) is 0 Å². The molecule has 1 saturated carbocycles. The van der Waals surface area contributed by atoms with Gasteiger partial charge in [-0.1, -0.05) is 31.4 Å². The van der Waals surface area contributed by atoms with Gasteiger partial charge in [0.2, 0.25) is 17.7 Å². The third-order valence-corrected chi connectivity index (χ3v) is 6.72. The molecule has 4 rings (SSSR count). The highest BCUT2D eigenvalue weighted by Crippen LogP contribution is 2.27. The highest BCUT2D eigenvalue weighted by atomic mass is 16.5. The lowest BCUT2D eigenvalue weighted by Gasteiger charge is -2.44. The molecule has 7 nitrogen and oxygen atoms in total. The number of hydrogen-bond acceptors (Lipinski definition) is 4. The zero-order chi connectivity index (χ0) is 21.1. The summed E-state index contributed by atoms with van der Waals surface area (Å²) in [5, 5.41) is 6.06. The van der Waals surface area contributed by atoms with Crippen LogP contribution in [-0.2, 0) is 20.8 Å². The number of carbonyl (C=O) groups is 3. The van der Waals surface area contributed by atoms with Crippen molar-refractivity contribution >= 4 is 17.7 Å². The Hall–Kier alpha value is -2.57. The van der Waals surface area contributed by atoms with E-state index in [1.165, 1.54) is 6.42 Å². The lowest BCUT2D eigenvalue weighted by Crippen LogP contribution is -2.67. The van der Waals surface area contributed by atoms with Gasteiger partial charge in [-0.15, -0.1) is 0 Å². The van der Waals surface area contributed by atoms with Gasteiger partial charge < -0.3 is 20.3 Å². The number of hydrogen-bond donors (Lipinski definition) is 2. The molecular weight excluding hydrogens is 382 g/mol. The summed E-state index contributed by atoms with van der Waals surface area (Å²) in [7, 11) is 1.61. The summed E-state index contributed by atoms with van der Waals surface area (Å²) in [4.78, 5) is 40.1. The molecule has 2 heterocycles. The van der Waals surface area contributed by atoms with Crippen molar-refractivity contribution in [3.8, 4) is 5.75 Å². The smallest absolute Gasteiger partial charge is 0.246 e. The number of rotatable bonds is 5. The Morgan fingerprint density at radius 1 is 1.13 bits per heavy atom. The van der Waals surface area contributed by atoms with Crippen LogP contribution in [0.2, 0.25) is 0 Å². The van der Waals surface area contributed by atoms with Gasteiger partial charge in [0.1, 0.15) is 17.8 Å². The molecule has 0 radical (unpaired) electrons. The van der Waals surface area contributed by atoms with Gasteiger partial charge in [-0.05, 0) is 43.4 Å². The molecule has 7 heteroatoms. The maximum absolute atomic E-state index is 13.0. The molecule has 2 N–H and O–H groups in total. The van der Waals surface area contributed by atoms with Crippen molar-refractivity contribution in [3.05, 3.63) is 29.8 Å². The summed E-state index contributed by atoms with van der Waals surface area (Å²) in [6, 6.07) is 6.46. The van der Waals surface area contributed by atoms with Crippen molar-refractivity contribution in [2.75, 3.05) is 13.7 Å². The Morgan fingerprint density at radius 3 is 2.57 bits per heavy atom. The minimum Gasteiger partial charge on any atom is -0.497 e. The average molecular weight is 414 g/mol. The fourth-order valence-corrected chi connectivity index (χ4v) is 4.96. The standard InChI is InChI=1S/C23H31N3O4/c1-30-18-9-7-15(8-10-18)13-19-23(29)26-12-11-17(14-20(26)22(28)25-19)24-21(27)16-5-3-2-4-6-16/h7-10,16-17,19-20H,2-6,11-14H2,1H3,(H,24,27)(H,25,28)/t17-,19+,20-/m0/s1. The van der Waals surface area contributed by atoms with E-state index in [-0.39, 0.29) is 29.7 Å². The van der Waals surface area contributed by atoms with Crippen molar-refractivity contribution in [3.63, 3.8) is 0 Å². The molecule has 1 aromatic rings. The van der Waals surface area contributed by atoms with E-state index in [1.54, 1.807) is 12.0 Å². The maximum Gasteiger partial charge on any atom is 0.246 e. The normalized spacial score (nSPS) is 27.2. The van der Waals surface area contributed by atoms with Crippen molar-refractivity contribution in [2.45, 2.75) is 69.5 Å². The number of carbonyl (C=O) groups excluding carboxylic acids is 3. The molecule has 0 unspecified atom stereocenters. The van der Waals surface area contributed by atoms with E-state index in [4.69, 9.17) is 4.74 Å². The van der Waals surface area contributed by atoms with E-state index < -0.39 is 12.1 Å².